The molecule has 0 aromatic heterocycles. The van der Waals surface area contributed by atoms with E-state index >= 15 is 0 Å². The fourth-order valence-electron chi connectivity index (χ4n) is 4.42. The molecule has 1 fully saturated rings. The molecule has 4 atom stereocenters. The Morgan fingerprint density at radius 3 is 1.69 bits per heavy atom. The minimum Gasteiger partial charge on any atom is -0.392 e. The third-order valence-corrected chi connectivity index (χ3v) is 5.66. The Hall–Kier alpha value is -2.42. The first kappa shape index (κ1) is 17.0. The van der Waals surface area contributed by atoms with Crippen molar-refractivity contribution < 1.29 is 5.11 Å². The zero-order valence-corrected chi connectivity index (χ0v) is 15.1. The molecule has 1 N–H and O–H groups in total. The van der Waals surface area contributed by atoms with E-state index in [1.165, 1.54) is 16.7 Å². The molecule has 4 rings (SSSR count). The lowest BCUT2D eigenvalue weighted by atomic mass is 9.75. The summed E-state index contributed by atoms with van der Waals surface area (Å²) in [5.74, 6) is 0.0589. The summed E-state index contributed by atoms with van der Waals surface area (Å²) in [6, 6.07) is 31.9. The first-order chi connectivity index (χ1) is 12.8. The van der Waals surface area contributed by atoms with Crippen LogP contribution in [0.3, 0.4) is 0 Å². The van der Waals surface area contributed by atoms with Gasteiger partial charge in [0.2, 0.25) is 0 Å². The Labute approximate surface area is 155 Å². The second-order valence-corrected chi connectivity index (χ2v) is 7.19. The lowest BCUT2D eigenvalue weighted by Gasteiger charge is -2.47. The first-order valence-corrected chi connectivity index (χ1v) is 9.30. The van der Waals surface area contributed by atoms with Gasteiger partial charge in [0, 0.05) is 18.0 Å². The summed E-state index contributed by atoms with van der Waals surface area (Å²) in [7, 11) is 2.19. The first-order valence-electron chi connectivity index (χ1n) is 9.30. The van der Waals surface area contributed by atoms with Crippen molar-refractivity contribution in [2.45, 2.75) is 30.5 Å². The maximum atomic E-state index is 11.2. The molecule has 26 heavy (non-hydrogen) atoms. The van der Waals surface area contributed by atoms with Crippen LogP contribution < -0.4 is 0 Å². The van der Waals surface area contributed by atoms with Crippen molar-refractivity contribution >= 4 is 0 Å². The summed E-state index contributed by atoms with van der Waals surface area (Å²) in [6.45, 7) is 0. The van der Waals surface area contributed by atoms with E-state index in [4.69, 9.17) is 0 Å². The molecule has 3 aromatic rings. The van der Waals surface area contributed by atoms with Gasteiger partial charge in [-0.05, 0) is 30.2 Å². The van der Waals surface area contributed by atoms with Gasteiger partial charge >= 0.3 is 0 Å². The van der Waals surface area contributed by atoms with Gasteiger partial charge in [-0.15, -0.1) is 0 Å². The van der Waals surface area contributed by atoms with E-state index in [9.17, 15) is 5.11 Å². The standard InChI is InChI=1S/C24H25NO/c1-25-21(18-11-5-2-6-12-18)17-22(26)23(19-13-7-3-8-14-19)24(25)20-15-9-4-10-16-20/h2-16,21-24,26H,17H2,1H3/t21-,22-,23-,24+/m0/s1. The predicted octanol–water partition coefficient (Wildman–Crippen LogP) is 4.95. The van der Waals surface area contributed by atoms with Gasteiger partial charge in [-0.1, -0.05) is 91.0 Å². The molecule has 0 aliphatic carbocycles. The topological polar surface area (TPSA) is 23.5 Å². The molecule has 132 valence electrons. The molecule has 0 amide bonds. The van der Waals surface area contributed by atoms with Crippen LogP contribution in [0.4, 0.5) is 0 Å². The van der Waals surface area contributed by atoms with E-state index in [2.05, 4.69) is 90.8 Å². The van der Waals surface area contributed by atoms with E-state index in [1.807, 2.05) is 12.1 Å². The largest absolute Gasteiger partial charge is 0.392 e. The average Bonchev–Trinajstić information content (AvgIpc) is 2.71. The molecule has 1 heterocycles. The van der Waals surface area contributed by atoms with Crippen LogP contribution in [0.15, 0.2) is 91.0 Å². The average molecular weight is 343 g/mol. The van der Waals surface area contributed by atoms with E-state index in [0.29, 0.717) is 0 Å². The van der Waals surface area contributed by atoms with Gasteiger partial charge in [0.05, 0.1) is 6.10 Å². The fourth-order valence-corrected chi connectivity index (χ4v) is 4.42. The third kappa shape index (κ3) is 3.18. The Morgan fingerprint density at radius 2 is 1.15 bits per heavy atom. The third-order valence-electron chi connectivity index (χ3n) is 5.66. The maximum Gasteiger partial charge on any atom is 0.0645 e. The Bertz CT molecular complexity index is 819. The number of piperidine rings is 1. The Morgan fingerprint density at radius 1 is 0.692 bits per heavy atom. The summed E-state index contributed by atoms with van der Waals surface area (Å²) < 4.78 is 0. The van der Waals surface area contributed by atoms with Gasteiger partial charge in [-0.2, -0.15) is 0 Å². The highest BCUT2D eigenvalue weighted by atomic mass is 16.3. The summed E-state index contributed by atoms with van der Waals surface area (Å²) in [4.78, 5) is 2.44. The van der Waals surface area contributed by atoms with Crippen LogP contribution in [0.5, 0.6) is 0 Å². The quantitative estimate of drug-likeness (QED) is 0.727. The molecule has 0 bridgehead atoms. The maximum absolute atomic E-state index is 11.2. The highest BCUT2D eigenvalue weighted by Crippen LogP contribution is 2.48. The van der Waals surface area contributed by atoms with Gasteiger partial charge in [0.1, 0.15) is 0 Å². The van der Waals surface area contributed by atoms with Crippen LogP contribution in [0.1, 0.15) is 41.1 Å². The number of likely N-dealkylation sites (N-methyl/N-ethyl adjacent to an activating group) is 1. The number of aliphatic hydroxyl groups is 1. The number of hydrogen-bond donors (Lipinski definition) is 1. The summed E-state index contributed by atoms with van der Waals surface area (Å²) >= 11 is 0. The predicted molar refractivity (Wildman–Crippen MR) is 106 cm³/mol. The zero-order valence-electron chi connectivity index (χ0n) is 15.1. The van der Waals surface area contributed by atoms with E-state index < -0.39 is 0 Å². The second kappa shape index (κ2) is 7.45. The smallest absolute Gasteiger partial charge is 0.0645 e. The van der Waals surface area contributed by atoms with Crippen molar-refractivity contribution in [2.75, 3.05) is 7.05 Å². The van der Waals surface area contributed by atoms with Crippen LogP contribution in [-0.4, -0.2) is 23.2 Å². The van der Waals surface area contributed by atoms with Crippen molar-refractivity contribution in [3.8, 4) is 0 Å². The summed E-state index contributed by atoms with van der Waals surface area (Å²) in [5.41, 5.74) is 3.72. The monoisotopic (exact) mass is 343 g/mol. The Balaban J connectivity index is 1.78. The van der Waals surface area contributed by atoms with Crippen molar-refractivity contribution in [1.82, 2.24) is 4.90 Å². The van der Waals surface area contributed by atoms with Crippen molar-refractivity contribution in [2.24, 2.45) is 0 Å². The SMILES string of the molecule is CN1[C@H](c2ccccc2)[C@@H](c2ccccc2)[C@@H](O)C[C@H]1c1ccccc1. The minimum absolute atomic E-state index is 0.0589. The molecule has 1 saturated heterocycles. The molecule has 0 saturated carbocycles. The highest BCUT2D eigenvalue weighted by molar-refractivity contribution is 5.32. The van der Waals surface area contributed by atoms with Crippen LogP contribution >= 0.6 is 0 Å². The lowest BCUT2D eigenvalue weighted by molar-refractivity contribution is -0.00811. The van der Waals surface area contributed by atoms with Crippen LogP contribution in [0.2, 0.25) is 0 Å². The number of likely N-dealkylation sites (tertiary alicyclic amines) is 1. The highest BCUT2D eigenvalue weighted by Gasteiger charge is 2.42. The van der Waals surface area contributed by atoms with Gasteiger partial charge in [0.25, 0.3) is 0 Å². The summed E-state index contributed by atoms with van der Waals surface area (Å²) in [5, 5.41) is 11.2. The lowest BCUT2D eigenvalue weighted by Crippen LogP contribution is -2.44. The van der Waals surface area contributed by atoms with Crippen molar-refractivity contribution in [3.05, 3.63) is 108 Å². The van der Waals surface area contributed by atoms with E-state index in [0.717, 1.165) is 6.42 Å². The van der Waals surface area contributed by atoms with Gasteiger partial charge in [-0.25, -0.2) is 0 Å². The molecule has 0 unspecified atom stereocenters. The molecular weight excluding hydrogens is 318 g/mol. The summed E-state index contributed by atoms with van der Waals surface area (Å²) in [6.07, 6.45) is 0.354. The van der Waals surface area contributed by atoms with Gasteiger partial charge < -0.3 is 5.11 Å². The van der Waals surface area contributed by atoms with Crippen LogP contribution in [0.25, 0.3) is 0 Å². The second-order valence-electron chi connectivity index (χ2n) is 7.19. The van der Waals surface area contributed by atoms with E-state index in [1.54, 1.807) is 0 Å². The number of rotatable bonds is 3. The normalized spacial score (nSPS) is 26.5. The van der Waals surface area contributed by atoms with Crippen molar-refractivity contribution in [3.63, 3.8) is 0 Å². The minimum atomic E-state index is -0.385. The van der Waals surface area contributed by atoms with Crippen LogP contribution in [-0.2, 0) is 0 Å². The molecular formula is C24H25NO. The number of benzene rings is 3. The molecule has 3 aromatic carbocycles. The molecule has 2 nitrogen and oxygen atoms in total. The molecule has 0 radical (unpaired) electrons. The van der Waals surface area contributed by atoms with Crippen molar-refractivity contribution in [1.29, 1.82) is 0 Å². The van der Waals surface area contributed by atoms with Gasteiger partial charge in [0.15, 0.2) is 0 Å². The fraction of sp³-hybridized carbons (Fsp3) is 0.250. The molecule has 0 spiro atoms. The number of hydrogen-bond acceptors (Lipinski definition) is 2. The molecule has 2 heteroatoms. The zero-order chi connectivity index (χ0) is 17.9. The van der Waals surface area contributed by atoms with Gasteiger partial charge in [-0.3, -0.25) is 4.90 Å². The molecule has 1 aliphatic rings. The van der Waals surface area contributed by atoms with Crippen LogP contribution in [0, 0.1) is 0 Å². The van der Waals surface area contributed by atoms with E-state index in [-0.39, 0.29) is 24.1 Å². The molecule has 1 aliphatic heterocycles. The number of nitrogens with zero attached hydrogens (tertiary/aromatic N) is 1. The Kier molecular flexibility index (Phi) is 4.87. The number of aliphatic hydroxyl groups excluding tert-OH is 1.